The van der Waals surface area contributed by atoms with Crippen molar-refractivity contribution < 1.29 is 57.5 Å². The van der Waals surface area contributed by atoms with Crippen LogP contribution >= 0.6 is 0 Å². The summed E-state index contributed by atoms with van der Waals surface area (Å²) in [6.45, 7) is 6.70. The van der Waals surface area contributed by atoms with Crippen LogP contribution in [0.15, 0.2) is 91.0 Å². The molecule has 0 radical (unpaired) electrons. The molecule has 7 fully saturated rings. The summed E-state index contributed by atoms with van der Waals surface area (Å²) in [7, 11) is 4.28. The van der Waals surface area contributed by atoms with Gasteiger partial charge in [0.15, 0.2) is 0 Å². The number of carbonyl (C=O) groups is 12. The van der Waals surface area contributed by atoms with Crippen molar-refractivity contribution in [3.8, 4) is 0 Å². The van der Waals surface area contributed by atoms with E-state index >= 15 is 43.2 Å². The van der Waals surface area contributed by atoms with Crippen LogP contribution in [0.3, 0.4) is 0 Å². The van der Waals surface area contributed by atoms with Gasteiger partial charge in [0.1, 0.15) is 34.7 Å². The summed E-state index contributed by atoms with van der Waals surface area (Å²) in [4.78, 5) is 197. The number of fused-ring (bicyclic) bond motifs is 3. The normalized spacial score (nSPS) is 27.1. The summed E-state index contributed by atoms with van der Waals surface area (Å²) < 4.78 is 0. The number of carbonyl (C=O) groups excluding carboxylic acids is 12. The molecule has 7 saturated heterocycles. The Hall–Kier alpha value is -8.70. The summed E-state index contributed by atoms with van der Waals surface area (Å²) in [5.41, 5.74) is -3.50. The molecule has 15 amide bonds. The largest absolute Gasteiger partial charge is 0.331 e. The van der Waals surface area contributed by atoms with Gasteiger partial charge in [-0.3, -0.25) is 57.9 Å². The highest BCUT2D eigenvalue weighted by atomic mass is 16.2. The molecule has 0 bridgehead atoms. The Balaban J connectivity index is 1.10. The zero-order valence-corrected chi connectivity index (χ0v) is 51.0. The third-order valence-corrected chi connectivity index (χ3v) is 18.5. The monoisotopic (exact) mass is 1190 g/mol. The maximum atomic E-state index is 15.8. The molecule has 0 aliphatic carbocycles. The molecule has 24 nitrogen and oxygen atoms in total. The maximum Gasteiger partial charge on any atom is 0.327 e. The number of urea groups is 3. The Kier molecular flexibility index (Phi) is 16.6. The van der Waals surface area contributed by atoms with E-state index in [0.29, 0.717) is 16.7 Å². The van der Waals surface area contributed by atoms with Gasteiger partial charge < -0.3 is 44.1 Å². The molecule has 7 aliphatic rings. The van der Waals surface area contributed by atoms with Gasteiger partial charge in [0.25, 0.3) is 17.7 Å². The second kappa shape index (κ2) is 23.5. The number of hydrogen-bond acceptors (Lipinski definition) is 12. The molecule has 0 saturated carbocycles. The molecule has 0 aromatic heterocycles. The Morgan fingerprint density at radius 1 is 0.368 bits per heavy atom. The fourth-order valence-electron chi connectivity index (χ4n) is 14.0. The van der Waals surface area contributed by atoms with Gasteiger partial charge in [0, 0.05) is 60.0 Å². The molecule has 10 rings (SSSR count). The lowest BCUT2D eigenvalue weighted by Gasteiger charge is -2.36. The first-order valence-corrected chi connectivity index (χ1v) is 29.9. The highest BCUT2D eigenvalue weighted by molar-refractivity contribution is 6.11. The smallest absolute Gasteiger partial charge is 0.327 e. The van der Waals surface area contributed by atoms with E-state index in [1.807, 2.05) is 41.5 Å². The molecular weight excluding hydrogens is 1120 g/mol. The summed E-state index contributed by atoms with van der Waals surface area (Å²) in [5.74, 6) is -7.64. The number of amides is 15. The van der Waals surface area contributed by atoms with Gasteiger partial charge in [-0.15, -0.1) is 0 Å². The van der Waals surface area contributed by atoms with Crippen molar-refractivity contribution in [2.24, 2.45) is 17.8 Å². The Bertz CT molecular complexity index is 2950. The molecule has 87 heavy (non-hydrogen) atoms. The first-order valence-electron chi connectivity index (χ1n) is 29.9. The SMILES string of the molecule is CC(C)CN1CC(=O)N2C[C@@]3(C[C@H]2C(=O)N(CC(C)C)CC(=O)N2C[C@@]4(C[C@H]2C(=O)N(CC(C)C)CC(=O)N2C[C@@]5(C[C@H]2C1=O)C(=O)N(Cc1ccccc1)C(=O)N5C)C(=O)N(Cc1ccccc1)C(=O)N4C)C(=O)N(Cc1ccccc1)C(=O)N3C. The minimum atomic E-state index is -1.81. The van der Waals surface area contributed by atoms with E-state index in [1.165, 1.54) is 65.2 Å². The highest BCUT2D eigenvalue weighted by Crippen LogP contribution is 2.44. The van der Waals surface area contributed by atoms with Crippen LogP contribution in [-0.2, 0) is 62.8 Å². The second-order valence-electron chi connectivity index (χ2n) is 25.8. The molecular formula is C63H78N12O12. The Morgan fingerprint density at radius 3 is 0.816 bits per heavy atom. The number of imide groups is 3. The first kappa shape index (κ1) is 61.4. The average molecular weight is 1200 g/mol. The lowest BCUT2D eigenvalue weighted by molar-refractivity contribution is -0.154. The lowest BCUT2D eigenvalue weighted by atomic mass is 9.93. The van der Waals surface area contributed by atoms with Gasteiger partial charge in [-0.1, -0.05) is 133 Å². The van der Waals surface area contributed by atoms with E-state index in [0.717, 1.165) is 14.7 Å². The topological polar surface area (TPSA) is 244 Å². The van der Waals surface area contributed by atoms with Crippen LogP contribution < -0.4 is 0 Å². The summed E-state index contributed by atoms with van der Waals surface area (Å²) in [5, 5.41) is 0. The molecule has 7 heterocycles. The number of rotatable bonds is 12. The zero-order chi connectivity index (χ0) is 62.8. The highest BCUT2D eigenvalue weighted by Gasteiger charge is 2.67. The summed E-state index contributed by atoms with van der Waals surface area (Å²) in [6, 6.07) is 19.9. The molecule has 3 aromatic carbocycles. The summed E-state index contributed by atoms with van der Waals surface area (Å²) in [6.07, 6.45) is -1.22. The quantitative estimate of drug-likeness (QED) is 0.238. The fraction of sp³-hybridized carbons (Fsp3) is 0.524. The van der Waals surface area contributed by atoms with E-state index in [4.69, 9.17) is 0 Å². The molecule has 24 heteroatoms. The average Bonchev–Trinajstić information content (AvgIpc) is 1.59. The second-order valence-corrected chi connectivity index (χ2v) is 25.8. The van der Waals surface area contributed by atoms with Crippen LogP contribution in [0.5, 0.6) is 0 Å². The van der Waals surface area contributed by atoms with Crippen LogP contribution in [0, 0.1) is 17.8 Å². The Labute approximate surface area is 506 Å². The third kappa shape index (κ3) is 10.8. The van der Waals surface area contributed by atoms with Gasteiger partial charge in [-0.2, -0.15) is 0 Å². The van der Waals surface area contributed by atoms with Gasteiger partial charge in [0.2, 0.25) is 35.4 Å². The van der Waals surface area contributed by atoms with Crippen LogP contribution in [0.1, 0.15) is 77.5 Å². The van der Waals surface area contributed by atoms with E-state index in [2.05, 4.69) is 0 Å². The molecule has 3 spiro atoms. The predicted octanol–water partition coefficient (Wildman–Crippen LogP) is 2.76. The predicted molar refractivity (Wildman–Crippen MR) is 313 cm³/mol. The van der Waals surface area contributed by atoms with E-state index in [9.17, 15) is 14.4 Å². The van der Waals surface area contributed by atoms with Crippen molar-refractivity contribution in [1.29, 1.82) is 0 Å². The van der Waals surface area contributed by atoms with Crippen LogP contribution in [0.25, 0.3) is 0 Å². The van der Waals surface area contributed by atoms with Crippen LogP contribution in [-0.4, -0.2) is 245 Å². The van der Waals surface area contributed by atoms with E-state index in [1.54, 1.807) is 91.0 Å². The minimum Gasteiger partial charge on any atom is -0.331 e. The minimum absolute atomic E-state index is 0.0810. The third-order valence-electron chi connectivity index (χ3n) is 18.5. The molecule has 0 N–H and O–H groups in total. The van der Waals surface area contributed by atoms with Crippen LogP contribution in [0.4, 0.5) is 14.4 Å². The first-order chi connectivity index (χ1) is 41.2. The van der Waals surface area contributed by atoms with Crippen molar-refractivity contribution in [3.63, 3.8) is 0 Å². The fourth-order valence-corrected chi connectivity index (χ4v) is 14.0. The van der Waals surface area contributed by atoms with Crippen molar-refractivity contribution in [2.75, 3.05) is 80.0 Å². The van der Waals surface area contributed by atoms with Gasteiger partial charge in [-0.05, 0) is 34.4 Å². The molecule has 7 aliphatic heterocycles. The maximum absolute atomic E-state index is 15.8. The van der Waals surface area contributed by atoms with Gasteiger partial charge in [0.05, 0.1) is 58.9 Å². The standard InChI is InChI=1S/C63H78N12O12/c1-40(2)28-67-34-49(76)74-38-62(56(83)71(59(86)65(62)8)32-44-21-15-11-16-22-44)26-47(74)53(80)69(30-42(5)6)36-51(78)75-39-63(57(84)72(60(87)66(63)9)33-45-23-17-12-18-24-45)27-48(75)54(81)68(29-41(3)4)35-50(77)73-37-61(25-46(73)52(67)79)55(82)70(58(85)64(61)7)31-43-19-13-10-14-20-43/h10-24,40-42,46-48H,25-39H2,1-9H3/t46-,47-,48-,61-,62-,63-/m0/s1. The van der Waals surface area contributed by atoms with E-state index < -0.39 is 165 Å². The summed E-state index contributed by atoms with van der Waals surface area (Å²) >= 11 is 0. The van der Waals surface area contributed by atoms with Crippen molar-refractivity contribution >= 4 is 71.3 Å². The number of hydrogen-bond donors (Lipinski definition) is 0. The molecule has 0 unspecified atom stereocenters. The number of nitrogens with zero attached hydrogens (tertiary/aromatic N) is 12. The van der Waals surface area contributed by atoms with Crippen LogP contribution in [0.2, 0.25) is 0 Å². The van der Waals surface area contributed by atoms with Crippen molar-refractivity contribution in [3.05, 3.63) is 108 Å². The molecule has 6 atom stereocenters. The van der Waals surface area contributed by atoms with Crippen molar-refractivity contribution in [2.45, 2.75) is 115 Å². The number of likely N-dealkylation sites (N-methyl/N-ethyl adjacent to an activating group) is 3. The van der Waals surface area contributed by atoms with Crippen molar-refractivity contribution in [1.82, 2.24) is 58.8 Å². The molecule has 3 aromatic rings. The Morgan fingerprint density at radius 2 is 0.598 bits per heavy atom. The molecule has 462 valence electrons. The van der Waals surface area contributed by atoms with Gasteiger partial charge >= 0.3 is 18.1 Å². The van der Waals surface area contributed by atoms with Gasteiger partial charge in [-0.25, -0.2) is 14.4 Å². The number of benzene rings is 3. The van der Waals surface area contributed by atoms with E-state index in [-0.39, 0.29) is 57.0 Å². The zero-order valence-electron chi connectivity index (χ0n) is 51.0. The lowest BCUT2D eigenvalue weighted by Crippen LogP contribution is -2.58.